The number of hydrogen-bond acceptors (Lipinski definition) is 3. The second-order valence-electron chi connectivity index (χ2n) is 3.83. The van der Waals surface area contributed by atoms with Gasteiger partial charge in [-0.25, -0.2) is 14.2 Å². The van der Waals surface area contributed by atoms with Crippen LogP contribution in [0.25, 0.3) is 0 Å². The summed E-state index contributed by atoms with van der Waals surface area (Å²) in [5.41, 5.74) is -0.865. The van der Waals surface area contributed by atoms with Crippen LogP contribution in [0.5, 0.6) is 0 Å². The molecule has 1 rings (SSSR count). The van der Waals surface area contributed by atoms with Crippen molar-refractivity contribution >= 4 is 0 Å². The van der Waals surface area contributed by atoms with Gasteiger partial charge in [0.15, 0.2) is 0 Å². The Hall–Kier alpha value is -1.39. The van der Waals surface area contributed by atoms with Gasteiger partial charge in [0.1, 0.15) is 5.82 Å². The maximum absolute atomic E-state index is 11.5. The standard InChI is InChI=1S/C9H15N3O2/c1-5(2)7-10-8(13)12(6(3)4)9(14)11-7/h5-6H,1-4H3,(H,10,11,13,14). The van der Waals surface area contributed by atoms with E-state index >= 15 is 0 Å². The summed E-state index contributed by atoms with van der Waals surface area (Å²) in [6.45, 7) is 7.29. The van der Waals surface area contributed by atoms with E-state index in [4.69, 9.17) is 0 Å². The van der Waals surface area contributed by atoms with Crippen molar-refractivity contribution in [1.29, 1.82) is 0 Å². The molecule has 1 aromatic rings. The number of aromatic amines is 1. The summed E-state index contributed by atoms with van der Waals surface area (Å²) in [7, 11) is 0. The molecule has 0 amide bonds. The lowest BCUT2D eigenvalue weighted by atomic mass is 10.2. The van der Waals surface area contributed by atoms with Gasteiger partial charge in [-0.1, -0.05) is 13.8 Å². The van der Waals surface area contributed by atoms with E-state index < -0.39 is 5.69 Å². The van der Waals surface area contributed by atoms with E-state index in [0.717, 1.165) is 4.57 Å². The van der Waals surface area contributed by atoms with E-state index in [2.05, 4.69) is 9.97 Å². The summed E-state index contributed by atoms with van der Waals surface area (Å²) in [4.78, 5) is 29.3. The van der Waals surface area contributed by atoms with Gasteiger partial charge >= 0.3 is 11.4 Å². The van der Waals surface area contributed by atoms with Gasteiger partial charge in [-0.2, -0.15) is 4.98 Å². The van der Waals surface area contributed by atoms with E-state index in [1.165, 1.54) is 0 Å². The lowest BCUT2D eigenvalue weighted by molar-refractivity contribution is 0.516. The number of H-pyrrole nitrogens is 1. The van der Waals surface area contributed by atoms with Gasteiger partial charge in [-0.05, 0) is 13.8 Å². The molecular formula is C9H15N3O2. The zero-order chi connectivity index (χ0) is 10.9. The number of rotatable bonds is 2. The average molecular weight is 197 g/mol. The normalized spacial score (nSPS) is 11.3. The molecule has 1 N–H and O–H groups in total. The Morgan fingerprint density at radius 1 is 1.21 bits per heavy atom. The summed E-state index contributed by atoms with van der Waals surface area (Å²) in [6.07, 6.45) is 0. The number of aromatic nitrogens is 3. The van der Waals surface area contributed by atoms with Crippen LogP contribution in [-0.2, 0) is 0 Å². The van der Waals surface area contributed by atoms with Gasteiger partial charge in [0, 0.05) is 12.0 Å². The maximum atomic E-state index is 11.5. The number of nitrogens with zero attached hydrogens (tertiary/aromatic N) is 2. The molecule has 78 valence electrons. The Balaban J connectivity index is 3.41. The molecule has 14 heavy (non-hydrogen) atoms. The van der Waals surface area contributed by atoms with Crippen LogP contribution in [0.1, 0.15) is 45.5 Å². The molecule has 0 unspecified atom stereocenters. The van der Waals surface area contributed by atoms with Crippen LogP contribution >= 0.6 is 0 Å². The summed E-state index contributed by atoms with van der Waals surface area (Å²) >= 11 is 0. The molecule has 1 aromatic heterocycles. The van der Waals surface area contributed by atoms with E-state index in [0.29, 0.717) is 5.82 Å². The quantitative estimate of drug-likeness (QED) is 0.756. The van der Waals surface area contributed by atoms with Crippen LogP contribution in [0.3, 0.4) is 0 Å². The van der Waals surface area contributed by atoms with Crippen molar-refractivity contribution in [3.8, 4) is 0 Å². The van der Waals surface area contributed by atoms with Crippen molar-refractivity contribution in [3.05, 3.63) is 26.8 Å². The Morgan fingerprint density at radius 3 is 2.14 bits per heavy atom. The third-order valence-corrected chi connectivity index (χ3v) is 1.94. The van der Waals surface area contributed by atoms with Gasteiger partial charge < -0.3 is 0 Å². The molecule has 0 fully saturated rings. The van der Waals surface area contributed by atoms with Gasteiger partial charge in [0.25, 0.3) is 0 Å². The third kappa shape index (κ3) is 1.92. The highest BCUT2D eigenvalue weighted by Gasteiger charge is 2.10. The summed E-state index contributed by atoms with van der Waals surface area (Å²) < 4.78 is 1.10. The molecule has 0 atom stereocenters. The molecule has 5 heteroatoms. The van der Waals surface area contributed by atoms with Crippen molar-refractivity contribution in [2.24, 2.45) is 0 Å². The van der Waals surface area contributed by atoms with Gasteiger partial charge in [0.05, 0.1) is 0 Å². The lowest BCUT2D eigenvalue weighted by Crippen LogP contribution is -2.39. The monoisotopic (exact) mass is 197 g/mol. The second-order valence-corrected chi connectivity index (χ2v) is 3.83. The van der Waals surface area contributed by atoms with E-state index in [1.54, 1.807) is 13.8 Å². The highest BCUT2D eigenvalue weighted by molar-refractivity contribution is 4.90. The predicted molar refractivity (Wildman–Crippen MR) is 53.6 cm³/mol. The van der Waals surface area contributed by atoms with Gasteiger partial charge in [0.2, 0.25) is 0 Å². The van der Waals surface area contributed by atoms with Crippen molar-refractivity contribution in [1.82, 2.24) is 14.5 Å². The number of hydrogen-bond donors (Lipinski definition) is 1. The van der Waals surface area contributed by atoms with E-state index in [1.807, 2.05) is 13.8 Å². The van der Waals surface area contributed by atoms with E-state index in [-0.39, 0.29) is 17.6 Å². The highest BCUT2D eigenvalue weighted by atomic mass is 16.2. The molecule has 0 aliphatic carbocycles. The largest absolute Gasteiger partial charge is 0.353 e. The molecule has 0 saturated heterocycles. The Labute approximate surface area is 81.8 Å². The molecular weight excluding hydrogens is 182 g/mol. The van der Waals surface area contributed by atoms with Crippen LogP contribution in [0.4, 0.5) is 0 Å². The smallest absolute Gasteiger partial charge is 0.295 e. The second kappa shape index (κ2) is 3.77. The van der Waals surface area contributed by atoms with E-state index in [9.17, 15) is 9.59 Å². The first kappa shape index (κ1) is 10.7. The number of nitrogens with one attached hydrogen (secondary N) is 1. The van der Waals surface area contributed by atoms with Crippen LogP contribution in [-0.4, -0.2) is 14.5 Å². The molecule has 5 nitrogen and oxygen atoms in total. The van der Waals surface area contributed by atoms with Crippen molar-refractivity contribution < 1.29 is 0 Å². The Morgan fingerprint density at radius 2 is 1.79 bits per heavy atom. The first-order chi connectivity index (χ1) is 6.43. The van der Waals surface area contributed by atoms with Crippen LogP contribution in [0, 0.1) is 0 Å². The maximum Gasteiger partial charge on any atom is 0.353 e. The van der Waals surface area contributed by atoms with Crippen molar-refractivity contribution in [2.45, 2.75) is 39.7 Å². The van der Waals surface area contributed by atoms with Crippen LogP contribution < -0.4 is 11.4 Å². The van der Waals surface area contributed by atoms with Crippen molar-refractivity contribution in [3.63, 3.8) is 0 Å². The molecule has 0 aliphatic rings. The van der Waals surface area contributed by atoms with Crippen molar-refractivity contribution in [2.75, 3.05) is 0 Å². The third-order valence-electron chi connectivity index (χ3n) is 1.94. The fourth-order valence-corrected chi connectivity index (χ4v) is 1.17. The topological polar surface area (TPSA) is 67.8 Å². The van der Waals surface area contributed by atoms with Crippen LogP contribution in [0.15, 0.2) is 9.59 Å². The first-order valence-electron chi connectivity index (χ1n) is 4.66. The van der Waals surface area contributed by atoms with Gasteiger partial charge in [-0.15, -0.1) is 0 Å². The summed E-state index contributed by atoms with van der Waals surface area (Å²) in [5, 5.41) is 0. The van der Waals surface area contributed by atoms with Crippen LogP contribution in [0.2, 0.25) is 0 Å². The average Bonchev–Trinajstić information content (AvgIpc) is 2.01. The minimum Gasteiger partial charge on any atom is -0.295 e. The molecule has 0 aromatic carbocycles. The van der Waals surface area contributed by atoms with Gasteiger partial charge in [-0.3, -0.25) is 4.98 Å². The minimum absolute atomic E-state index is 0.0530. The SMILES string of the molecule is CC(C)c1nc(=O)n(C(C)C)c(=O)[nH]1. The highest BCUT2D eigenvalue weighted by Crippen LogP contribution is 2.03. The molecule has 0 saturated carbocycles. The summed E-state index contributed by atoms with van der Waals surface area (Å²) in [5.74, 6) is 0.495. The zero-order valence-electron chi connectivity index (χ0n) is 8.87. The Kier molecular flexibility index (Phi) is 2.88. The molecule has 0 aliphatic heterocycles. The predicted octanol–water partition coefficient (Wildman–Crippen LogP) is 0.636. The molecule has 0 radical (unpaired) electrons. The Bertz CT molecular complexity index is 397. The fraction of sp³-hybridized carbons (Fsp3) is 0.667. The zero-order valence-corrected chi connectivity index (χ0v) is 8.87. The molecule has 0 bridgehead atoms. The minimum atomic E-state index is -0.479. The first-order valence-corrected chi connectivity index (χ1v) is 4.66. The lowest BCUT2D eigenvalue weighted by Gasteiger charge is -2.09. The molecule has 0 spiro atoms. The fourth-order valence-electron chi connectivity index (χ4n) is 1.17. The summed E-state index contributed by atoms with van der Waals surface area (Å²) in [6, 6.07) is -0.167. The molecule has 1 heterocycles.